The molecule has 0 saturated carbocycles. The Bertz CT molecular complexity index is 342. The lowest BCUT2D eigenvalue weighted by atomic mass is 10.2. The van der Waals surface area contributed by atoms with E-state index in [4.69, 9.17) is 0 Å². The first-order valence-corrected chi connectivity index (χ1v) is 5.61. The summed E-state index contributed by atoms with van der Waals surface area (Å²) in [6.45, 7) is 1.15. The number of halogens is 3. The van der Waals surface area contributed by atoms with Crippen LogP contribution in [-0.4, -0.2) is 26.0 Å². The Morgan fingerprint density at radius 1 is 1.44 bits per heavy atom. The van der Waals surface area contributed by atoms with Gasteiger partial charge in [0.15, 0.2) is 0 Å². The molecule has 0 aliphatic heterocycles. The van der Waals surface area contributed by atoms with Crippen LogP contribution in [0.1, 0.15) is 10.4 Å². The highest BCUT2D eigenvalue weighted by Gasteiger charge is 2.14. The molecule has 16 heavy (non-hydrogen) atoms. The SMILES string of the molecule is CNCCNC(=O)c1c(F)cccc1I.Cl. The Hall–Kier alpha value is -0.400. The van der Waals surface area contributed by atoms with Crippen LogP contribution in [-0.2, 0) is 0 Å². The van der Waals surface area contributed by atoms with E-state index < -0.39 is 5.82 Å². The number of benzene rings is 1. The minimum absolute atomic E-state index is 0. The van der Waals surface area contributed by atoms with Gasteiger partial charge in [0.2, 0.25) is 0 Å². The van der Waals surface area contributed by atoms with Crippen molar-refractivity contribution in [1.29, 1.82) is 0 Å². The predicted octanol–water partition coefficient (Wildman–Crippen LogP) is 1.80. The number of likely N-dealkylation sites (N-methyl/N-ethyl adjacent to an activating group) is 1. The van der Waals surface area contributed by atoms with Crippen LogP contribution in [0, 0.1) is 9.39 Å². The van der Waals surface area contributed by atoms with E-state index in [-0.39, 0.29) is 23.9 Å². The van der Waals surface area contributed by atoms with Crippen LogP contribution >= 0.6 is 35.0 Å². The summed E-state index contributed by atoms with van der Waals surface area (Å²) in [4.78, 5) is 11.6. The van der Waals surface area contributed by atoms with Gasteiger partial charge in [0.25, 0.3) is 5.91 Å². The first-order valence-electron chi connectivity index (χ1n) is 4.53. The molecular weight excluding hydrogens is 345 g/mol. The maximum absolute atomic E-state index is 13.3. The molecule has 90 valence electrons. The monoisotopic (exact) mass is 358 g/mol. The average Bonchev–Trinajstić information content (AvgIpc) is 2.18. The van der Waals surface area contributed by atoms with E-state index in [0.29, 0.717) is 16.7 Å². The number of carbonyl (C=O) groups excluding carboxylic acids is 1. The Labute approximate surface area is 114 Å². The summed E-state index contributed by atoms with van der Waals surface area (Å²) in [6, 6.07) is 4.58. The molecule has 0 saturated heterocycles. The maximum Gasteiger partial charge on any atom is 0.255 e. The lowest BCUT2D eigenvalue weighted by Crippen LogP contribution is -2.31. The number of amides is 1. The summed E-state index contributed by atoms with van der Waals surface area (Å²) < 4.78 is 13.9. The highest BCUT2D eigenvalue weighted by molar-refractivity contribution is 14.1. The first-order chi connectivity index (χ1) is 7.16. The van der Waals surface area contributed by atoms with E-state index in [2.05, 4.69) is 10.6 Å². The van der Waals surface area contributed by atoms with Crippen LogP contribution in [0.15, 0.2) is 18.2 Å². The molecular formula is C10H13ClFIN2O. The third-order valence-electron chi connectivity index (χ3n) is 1.85. The van der Waals surface area contributed by atoms with Crippen molar-refractivity contribution < 1.29 is 9.18 Å². The van der Waals surface area contributed by atoms with Gasteiger partial charge in [0, 0.05) is 16.7 Å². The molecule has 0 aliphatic rings. The fourth-order valence-electron chi connectivity index (χ4n) is 1.10. The van der Waals surface area contributed by atoms with Crippen LogP contribution in [0.2, 0.25) is 0 Å². The summed E-state index contributed by atoms with van der Waals surface area (Å²) in [5.41, 5.74) is 0.120. The minimum Gasteiger partial charge on any atom is -0.351 e. The van der Waals surface area contributed by atoms with Crippen LogP contribution in [0.5, 0.6) is 0 Å². The molecule has 0 unspecified atom stereocenters. The van der Waals surface area contributed by atoms with Crippen molar-refractivity contribution in [3.63, 3.8) is 0 Å². The fraction of sp³-hybridized carbons (Fsp3) is 0.300. The molecule has 0 spiro atoms. The molecule has 1 rings (SSSR count). The molecule has 0 radical (unpaired) electrons. The van der Waals surface area contributed by atoms with Gasteiger partial charge in [-0.05, 0) is 41.8 Å². The molecule has 1 aromatic carbocycles. The third kappa shape index (κ3) is 4.23. The second-order valence-corrected chi connectivity index (χ2v) is 4.12. The Morgan fingerprint density at radius 3 is 2.69 bits per heavy atom. The number of rotatable bonds is 4. The molecule has 0 fully saturated rings. The van der Waals surface area contributed by atoms with Crippen LogP contribution in [0.25, 0.3) is 0 Å². The molecule has 6 heteroatoms. The quantitative estimate of drug-likeness (QED) is 0.637. The zero-order valence-corrected chi connectivity index (χ0v) is 11.7. The normalized spacial score (nSPS) is 9.44. The molecule has 1 aromatic rings. The largest absolute Gasteiger partial charge is 0.351 e. The van der Waals surface area contributed by atoms with Crippen molar-refractivity contribution >= 4 is 40.9 Å². The van der Waals surface area contributed by atoms with Crippen LogP contribution in [0.3, 0.4) is 0 Å². The second kappa shape index (κ2) is 7.81. The first kappa shape index (κ1) is 15.6. The van der Waals surface area contributed by atoms with Crippen molar-refractivity contribution in [2.45, 2.75) is 0 Å². The lowest BCUT2D eigenvalue weighted by molar-refractivity contribution is 0.0949. The summed E-state index contributed by atoms with van der Waals surface area (Å²) >= 11 is 1.95. The highest BCUT2D eigenvalue weighted by atomic mass is 127. The summed E-state index contributed by atoms with van der Waals surface area (Å²) in [7, 11) is 1.79. The van der Waals surface area contributed by atoms with Crippen molar-refractivity contribution in [3.05, 3.63) is 33.1 Å². The molecule has 2 N–H and O–H groups in total. The second-order valence-electron chi connectivity index (χ2n) is 2.96. The van der Waals surface area contributed by atoms with Crippen molar-refractivity contribution in [2.75, 3.05) is 20.1 Å². The summed E-state index contributed by atoms with van der Waals surface area (Å²) in [5.74, 6) is -0.850. The lowest BCUT2D eigenvalue weighted by Gasteiger charge is -2.07. The Balaban J connectivity index is 0.00000225. The van der Waals surface area contributed by atoms with Gasteiger partial charge < -0.3 is 10.6 Å². The number of hydrogen-bond donors (Lipinski definition) is 2. The van der Waals surface area contributed by atoms with Crippen LogP contribution in [0.4, 0.5) is 4.39 Å². The average molecular weight is 359 g/mol. The van der Waals surface area contributed by atoms with E-state index in [9.17, 15) is 9.18 Å². The molecule has 0 atom stereocenters. The minimum atomic E-state index is -0.483. The topological polar surface area (TPSA) is 41.1 Å². The van der Waals surface area contributed by atoms with E-state index in [1.54, 1.807) is 19.2 Å². The molecule has 0 aromatic heterocycles. The van der Waals surface area contributed by atoms with Gasteiger partial charge in [-0.3, -0.25) is 4.79 Å². The van der Waals surface area contributed by atoms with Gasteiger partial charge in [-0.1, -0.05) is 6.07 Å². The van der Waals surface area contributed by atoms with Crippen molar-refractivity contribution in [3.8, 4) is 0 Å². The van der Waals surface area contributed by atoms with Gasteiger partial charge >= 0.3 is 0 Å². The summed E-state index contributed by atoms with van der Waals surface area (Å²) in [6.07, 6.45) is 0. The molecule has 1 amide bonds. The van der Waals surface area contributed by atoms with Gasteiger partial charge in [-0.15, -0.1) is 12.4 Å². The highest BCUT2D eigenvalue weighted by Crippen LogP contribution is 2.15. The fourth-order valence-corrected chi connectivity index (χ4v) is 1.81. The van der Waals surface area contributed by atoms with Crippen molar-refractivity contribution in [1.82, 2.24) is 10.6 Å². The summed E-state index contributed by atoms with van der Waals surface area (Å²) in [5, 5.41) is 5.53. The van der Waals surface area contributed by atoms with Gasteiger partial charge in [0.1, 0.15) is 5.82 Å². The van der Waals surface area contributed by atoms with Crippen LogP contribution < -0.4 is 10.6 Å². The third-order valence-corrected chi connectivity index (χ3v) is 2.75. The molecule has 0 bridgehead atoms. The number of nitrogens with one attached hydrogen (secondary N) is 2. The Kier molecular flexibility index (Phi) is 7.61. The zero-order chi connectivity index (χ0) is 11.3. The standard InChI is InChI=1S/C10H12FIN2O.ClH/c1-13-5-6-14-10(15)9-7(11)3-2-4-8(9)12;/h2-4,13H,5-6H2,1H3,(H,14,15);1H. The maximum atomic E-state index is 13.3. The zero-order valence-electron chi connectivity index (χ0n) is 8.72. The molecule has 3 nitrogen and oxygen atoms in total. The van der Waals surface area contributed by atoms with Gasteiger partial charge in [-0.25, -0.2) is 4.39 Å². The number of hydrogen-bond acceptors (Lipinski definition) is 2. The van der Waals surface area contributed by atoms with E-state index in [1.807, 2.05) is 22.6 Å². The van der Waals surface area contributed by atoms with Gasteiger partial charge in [0.05, 0.1) is 5.56 Å². The molecule has 0 aliphatic carbocycles. The van der Waals surface area contributed by atoms with Gasteiger partial charge in [-0.2, -0.15) is 0 Å². The predicted molar refractivity (Wildman–Crippen MR) is 72.6 cm³/mol. The van der Waals surface area contributed by atoms with Crippen molar-refractivity contribution in [2.24, 2.45) is 0 Å². The smallest absolute Gasteiger partial charge is 0.255 e. The number of carbonyl (C=O) groups is 1. The van der Waals surface area contributed by atoms with E-state index in [1.165, 1.54) is 6.07 Å². The molecule has 0 heterocycles. The Morgan fingerprint density at radius 2 is 2.12 bits per heavy atom. The van der Waals surface area contributed by atoms with E-state index >= 15 is 0 Å². The van der Waals surface area contributed by atoms with E-state index in [0.717, 1.165) is 0 Å².